The summed E-state index contributed by atoms with van der Waals surface area (Å²) in [5.41, 5.74) is 1.15. The van der Waals surface area contributed by atoms with Gasteiger partial charge in [0, 0.05) is 23.4 Å². The molecule has 0 fully saturated rings. The number of carbonyl (C=O) groups is 4. The summed E-state index contributed by atoms with van der Waals surface area (Å²) in [4.78, 5) is 63.0. The van der Waals surface area contributed by atoms with Crippen LogP contribution in [0, 0.1) is 10.1 Å². The number of hydrogen-bond donors (Lipinski definition) is 2. The Balaban J connectivity index is 1.59. The molecule has 0 aromatic heterocycles. The van der Waals surface area contributed by atoms with Crippen molar-refractivity contribution in [1.82, 2.24) is 0 Å². The van der Waals surface area contributed by atoms with E-state index in [9.17, 15) is 29.3 Å². The molecule has 37 heavy (non-hydrogen) atoms. The monoisotopic (exact) mass is 502 g/mol. The number of anilines is 3. The predicted molar refractivity (Wildman–Crippen MR) is 134 cm³/mol. The number of nitro groups is 1. The number of hydrogen-bond acceptors (Lipinski definition) is 7. The van der Waals surface area contributed by atoms with Crippen molar-refractivity contribution in [2.75, 3.05) is 22.1 Å². The van der Waals surface area contributed by atoms with Gasteiger partial charge in [0.2, 0.25) is 11.8 Å². The minimum Gasteiger partial charge on any atom is -0.462 e. The number of fused-ring (bicyclic) bond motifs is 1. The number of carbonyl (C=O) groups excluding carboxylic acids is 4. The number of rotatable bonds is 7. The van der Waals surface area contributed by atoms with Crippen LogP contribution < -0.4 is 15.5 Å². The first-order valence-corrected chi connectivity index (χ1v) is 11.3. The van der Waals surface area contributed by atoms with Gasteiger partial charge in [-0.3, -0.25) is 29.4 Å². The number of para-hydroxylation sites is 2. The average Bonchev–Trinajstić information content (AvgIpc) is 2.89. The first-order valence-electron chi connectivity index (χ1n) is 11.3. The van der Waals surface area contributed by atoms with Gasteiger partial charge in [-0.15, -0.1) is 0 Å². The van der Waals surface area contributed by atoms with E-state index in [1.165, 1.54) is 47.4 Å². The van der Waals surface area contributed by atoms with Gasteiger partial charge in [0.15, 0.2) is 0 Å². The second-order valence-corrected chi connectivity index (χ2v) is 8.05. The molecule has 0 saturated carbocycles. The summed E-state index contributed by atoms with van der Waals surface area (Å²) in [7, 11) is 0. The topological polar surface area (TPSA) is 148 Å². The molecule has 0 bridgehead atoms. The van der Waals surface area contributed by atoms with Crippen molar-refractivity contribution < 1.29 is 28.8 Å². The van der Waals surface area contributed by atoms with E-state index in [4.69, 9.17) is 4.74 Å². The zero-order valence-corrected chi connectivity index (χ0v) is 19.7. The van der Waals surface area contributed by atoms with E-state index < -0.39 is 34.7 Å². The molecule has 3 aromatic carbocycles. The van der Waals surface area contributed by atoms with Crippen molar-refractivity contribution >= 4 is 46.4 Å². The number of benzene rings is 3. The minimum atomic E-state index is -1.22. The molecule has 1 aliphatic rings. The van der Waals surface area contributed by atoms with Gasteiger partial charge in [-0.2, -0.15) is 0 Å². The summed E-state index contributed by atoms with van der Waals surface area (Å²) in [6, 6.07) is 16.6. The first-order chi connectivity index (χ1) is 17.8. The third-order valence-electron chi connectivity index (χ3n) is 5.62. The van der Waals surface area contributed by atoms with Crippen molar-refractivity contribution in [1.29, 1.82) is 0 Å². The second-order valence-electron chi connectivity index (χ2n) is 8.05. The Kier molecular flexibility index (Phi) is 7.23. The molecule has 1 atom stereocenters. The molecular weight excluding hydrogens is 480 g/mol. The smallest absolute Gasteiger partial charge is 0.338 e. The maximum absolute atomic E-state index is 13.5. The zero-order valence-electron chi connectivity index (χ0n) is 19.7. The molecule has 1 heterocycles. The minimum absolute atomic E-state index is 0.00124. The van der Waals surface area contributed by atoms with Gasteiger partial charge in [-0.05, 0) is 49.4 Å². The van der Waals surface area contributed by atoms with Crippen molar-refractivity contribution in [3.05, 3.63) is 94.0 Å². The molecule has 1 aliphatic heterocycles. The SMILES string of the molecule is CCOC(=O)c1ccc(NC(=O)C[C@H]2C(=O)Nc3ccccc3N2C(=O)c2cccc([N+](=O)[O-])c2)cc1. The number of nitrogens with zero attached hydrogens (tertiary/aromatic N) is 2. The van der Waals surface area contributed by atoms with Crippen LogP contribution in [0.1, 0.15) is 34.1 Å². The molecule has 11 heteroatoms. The fourth-order valence-electron chi connectivity index (χ4n) is 3.91. The molecule has 0 radical (unpaired) electrons. The fraction of sp³-hybridized carbons (Fsp3) is 0.154. The van der Waals surface area contributed by atoms with Gasteiger partial charge in [0.05, 0.1) is 34.9 Å². The highest BCUT2D eigenvalue weighted by Crippen LogP contribution is 2.34. The quantitative estimate of drug-likeness (QED) is 0.284. The molecule has 0 saturated heterocycles. The Hall–Kier alpha value is -5.06. The van der Waals surface area contributed by atoms with E-state index in [0.717, 1.165) is 6.07 Å². The number of ether oxygens (including phenoxy) is 1. The largest absolute Gasteiger partial charge is 0.462 e. The molecule has 0 spiro atoms. The molecule has 0 unspecified atom stereocenters. The highest BCUT2D eigenvalue weighted by molar-refractivity contribution is 6.18. The van der Waals surface area contributed by atoms with E-state index in [2.05, 4.69) is 10.6 Å². The first kappa shape index (κ1) is 25.0. The van der Waals surface area contributed by atoms with Crippen LogP contribution in [0.2, 0.25) is 0 Å². The Morgan fingerprint density at radius 2 is 1.76 bits per heavy atom. The molecular formula is C26H22N4O7. The number of nitro benzene ring substituents is 1. The number of amides is 3. The van der Waals surface area contributed by atoms with E-state index in [0.29, 0.717) is 22.6 Å². The van der Waals surface area contributed by atoms with E-state index in [1.807, 2.05) is 0 Å². The Labute approximate surface area is 211 Å². The molecule has 3 amide bonds. The van der Waals surface area contributed by atoms with Gasteiger partial charge in [0.25, 0.3) is 11.6 Å². The zero-order chi connectivity index (χ0) is 26.5. The average molecular weight is 502 g/mol. The number of nitrogens with one attached hydrogen (secondary N) is 2. The highest BCUT2D eigenvalue weighted by atomic mass is 16.6. The van der Waals surface area contributed by atoms with Crippen LogP contribution in [-0.4, -0.2) is 41.3 Å². The van der Waals surface area contributed by atoms with Crippen molar-refractivity contribution in [3.8, 4) is 0 Å². The molecule has 2 N–H and O–H groups in total. The summed E-state index contributed by atoms with van der Waals surface area (Å²) < 4.78 is 4.94. The van der Waals surface area contributed by atoms with Crippen molar-refractivity contribution in [2.45, 2.75) is 19.4 Å². The normalized spacial score (nSPS) is 14.2. The third kappa shape index (κ3) is 5.45. The van der Waals surface area contributed by atoms with Gasteiger partial charge in [-0.1, -0.05) is 18.2 Å². The number of non-ortho nitro benzene ring substituents is 1. The van der Waals surface area contributed by atoms with Crippen LogP contribution in [-0.2, 0) is 14.3 Å². The lowest BCUT2D eigenvalue weighted by atomic mass is 10.0. The van der Waals surface area contributed by atoms with Crippen LogP contribution >= 0.6 is 0 Å². The van der Waals surface area contributed by atoms with E-state index in [-0.39, 0.29) is 24.3 Å². The standard InChI is InChI=1S/C26H22N4O7/c1-2-37-26(34)16-10-12-18(13-11-16)27-23(31)15-22-24(32)28-20-8-3-4-9-21(20)29(22)25(33)17-6-5-7-19(14-17)30(35)36/h3-14,22H,2,15H2,1H3,(H,27,31)(H,28,32)/t22-/m0/s1. The number of esters is 1. The van der Waals surface area contributed by atoms with E-state index in [1.54, 1.807) is 31.2 Å². The lowest BCUT2D eigenvalue weighted by Crippen LogP contribution is -2.52. The maximum Gasteiger partial charge on any atom is 0.338 e. The summed E-state index contributed by atoms with van der Waals surface area (Å²) in [5, 5.41) is 16.6. The second kappa shape index (κ2) is 10.7. The van der Waals surface area contributed by atoms with E-state index >= 15 is 0 Å². The van der Waals surface area contributed by atoms with Crippen molar-refractivity contribution in [2.24, 2.45) is 0 Å². The van der Waals surface area contributed by atoms with Crippen molar-refractivity contribution in [3.63, 3.8) is 0 Å². The van der Waals surface area contributed by atoms with Crippen LogP contribution in [0.25, 0.3) is 0 Å². The Morgan fingerprint density at radius 3 is 2.46 bits per heavy atom. The van der Waals surface area contributed by atoms with Gasteiger partial charge in [0.1, 0.15) is 6.04 Å². The summed E-state index contributed by atoms with van der Waals surface area (Å²) >= 11 is 0. The van der Waals surface area contributed by atoms with Crippen LogP contribution in [0.4, 0.5) is 22.7 Å². The molecule has 0 aliphatic carbocycles. The molecule has 188 valence electrons. The maximum atomic E-state index is 13.5. The molecule has 11 nitrogen and oxygen atoms in total. The van der Waals surface area contributed by atoms with Crippen LogP contribution in [0.15, 0.2) is 72.8 Å². The Morgan fingerprint density at radius 1 is 1.03 bits per heavy atom. The predicted octanol–water partition coefficient (Wildman–Crippen LogP) is 3.77. The Bertz CT molecular complexity index is 1390. The summed E-state index contributed by atoms with van der Waals surface area (Å²) in [6.07, 6.45) is -0.388. The molecule has 4 rings (SSSR count). The third-order valence-corrected chi connectivity index (χ3v) is 5.62. The van der Waals surface area contributed by atoms with Crippen LogP contribution in [0.5, 0.6) is 0 Å². The highest BCUT2D eigenvalue weighted by Gasteiger charge is 2.38. The fourth-order valence-corrected chi connectivity index (χ4v) is 3.91. The van der Waals surface area contributed by atoms with Gasteiger partial charge >= 0.3 is 5.97 Å². The molecule has 3 aromatic rings. The van der Waals surface area contributed by atoms with Crippen LogP contribution in [0.3, 0.4) is 0 Å². The van der Waals surface area contributed by atoms with Gasteiger partial charge < -0.3 is 15.4 Å². The lowest BCUT2D eigenvalue weighted by Gasteiger charge is -2.36. The lowest BCUT2D eigenvalue weighted by molar-refractivity contribution is -0.384. The summed E-state index contributed by atoms with van der Waals surface area (Å²) in [5.74, 6) is -2.29. The summed E-state index contributed by atoms with van der Waals surface area (Å²) in [6.45, 7) is 1.93. The van der Waals surface area contributed by atoms with Gasteiger partial charge in [-0.25, -0.2) is 4.79 Å².